The molecule has 3 aliphatic heterocycles. The van der Waals surface area contributed by atoms with E-state index in [1.165, 1.54) is 4.90 Å². The Labute approximate surface area is 172 Å². The van der Waals surface area contributed by atoms with Gasteiger partial charge in [-0.25, -0.2) is 0 Å². The molecular weight excluding hydrogens is 390 g/mol. The Morgan fingerprint density at radius 3 is 2.45 bits per heavy atom. The fourth-order valence-electron chi connectivity index (χ4n) is 4.83. The first-order valence-corrected chi connectivity index (χ1v) is 9.97. The van der Waals surface area contributed by atoms with Crippen molar-refractivity contribution < 1.29 is 14.4 Å². The number of amides is 2. The van der Waals surface area contributed by atoms with Crippen molar-refractivity contribution in [2.24, 2.45) is 16.9 Å². The molecule has 146 valence electrons. The minimum Gasteiger partial charge on any atom is -0.292 e. The first-order valence-electron chi connectivity index (χ1n) is 9.59. The number of nitrogens with zero attached hydrogens (tertiary/aromatic N) is 3. The molecule has 0 aromatic heterocycles. The highest BCUT2D eigenvalue weighted by Crippen LogP contribution is 2.52. The van der Waals surface area contributed by atoms with Crippen LogP contribution in [0, 0.1) is 11.8 Å². The number of likely N-dealkylation sites (tertiary alicyclic amines) is 1. The van der Waals surface area contributed by atoms with E-state index in [9.17, 15) is 14.4 Å². The highest BCUT2D eigenvalue weighted by molar-refractivity contribution is 6.30. The molecule has 7 heteroatoms. The fraction of sp³-hybridized carbons (Fsp3) is 0.273. The minimum absolute atomic E-state index is 0.226. The molecule has 0 spiro atoms. The molecule has 2 fully saturated rings. The lowest BCUT2D eigenvalue weighted by atomic mass is 9.83. The van der Waals surface area contributed by atoms with Gasteiger partial charge < -0.3 is 0 Å². The molecule has 0 radical (unpaired) electrons. The zero-order chi connectivity index (χ0) is 20.3. The number of halogens is 1. The van der Waals surface area contributed by atoms with Crippen LogP contribution in [0.4, 0.5) is 0 Å². The summed E-state index contributed by atoms with van der Waals surface area (Å²) in [5.74, 6) is -2.12. The van der Waals surface area contributed by atoms with E-state index in [-0.39, 0.29) is 17.6 Å². The molecule has 2 saturated heterocycles. The van der Waals surface area contributed by atoms with Gasteiger partial charge in [-0.1, -0.05) is 35.9 Å². The molecule has 4 atom stereocenters. The smallest absolute Gasteiger partial charge is 0.235 e. The number of benzene rings is 2. The third-order valence-corrected chi connectivity index (χ3v) is 6.35. The Hall–Kier alpha value is -2.99. The molecule has 5 rings (SSSR count). The first kappa shape index (κ1) is 18.1. The maximum Gasteiger partial charge on any atom is 0.235 e. The van der Waals surface area contributed by atoms with Crippen LogP contribution in [0.15, 0.2) is 53.6 Å². The number of hydrogen-bond acceptors (Lipinski definition) is 5. The summed E-state index contributed by atoms with van der Waals surface area (Å²) in [6.07, 6.45) is 1.70. The molecular formula is C22H18ClN3O3. The van der Waals surface area contributed by atoms with E-state index in [1.54, 1.807) is 42.4 Å². The monoisotopic (exact) mass is 407 g/mol. The van der Waals surface area contributed by atoms with Crippen molar-refractivity contribution >= 4 is 35.4 Å². The third kappa shape index (κ3) is 2.48. The van der Waals surface area contributed by atoms with Crippen LogP contribution in [0.2, 0.25) is 5.02 Å². The molecule has 0 aliphatic carbocycles. The standard InChI is InChI=1S/C22H18ClN3O3/c1-2-25-21(28)16-17(22(25)29)19(20(27)12-7-9-14(23)10-8-12)26-18(16)15-6-4-3-5-13(15)11-24-26/h3-11,16-19H,2H2,1H3. The van der Waals surface area contributed by atoms with Gasteiger partial charge in [0.1, 0.15) is 6.04 Å². The topological polar surface area (TPSA) is 70.1 Å². The predicted molar refractivity (Wildman–Crippen MR) is 108 cm³/mol. The van der Waals surface area contributed by atoms with Gasteiger partial charge in [-0.05, 0) is 42.3 Å². The lowest BCUT2D eigenvalue weighted by Gasteiger charge is -2.33. The predicted octanol–water partition coefficient (Wildman–Crippen LogP) is 2.92. The van der Waals surface area contributed by atoms with Crippen molar-refractivity contribution in [3.05, 3.63) is 70.2 Å². The molecule has 0 saturated carbocycles. The van der Waals surface area contributed by atoms with E-state index in [0.29, 0.717) is 17.1 Å². The van der Waals surface area contributed by atoms with Crippen LogP contribution in [0.5, 0.6) is 0 Å². The van der Waals surface area contributed by atoms with Crippen molar-refractivity contribution in [2.45, 2.75) is 19.0 Å². The average Bonchev–Trinajstić information content (AvgIpc) is 3.21. The molecule has 0 N–H and O–H groups in total. The molecule has 0 bridgehead atoms. The number of rotatable bonds is 3. The van der Waals surface area contributed by atoms with E-state index in [1.807, 2.05) is 24.3 Å². The van der Waals surface area contributed by atoms with Crippen LogP contribution < -0.4 is 0 Å². The first-order chi connectivity index (χ1) is 14.0. The van der Waals surface area contributed by atoms with Gasteiger partial charge in [-0.15, -0.1) is 0 Å². The number of Topliss-reactive ketones (excluding diaryl/α,β-unsaturated/α-hetero) is 1. The van der Waals surface area contributed by atoms with E-state index >= 15 is 0 Å². The van der Waals surface area contributed by atoms with Crippen LogP contribution in [0.1, 0.15) is 34.5 Å². The Morgan fingerprint density at radius 2 is 1.72 bits per heavy atom. The number of carbonyl (C=O) groups is 3. The maximum absolute atomic E-state index is 13.5. The number of carbonyl (C=O) groups excluding carboxylic acids is 3. The van der Waals surface area contributed by atoms with Gasteiger partial charge in [-0.2, -0.15) is 5.10 Å². The Bertz CT molecular complexity index is 1070. The van der Waals surface area contributed by atoms with Crippen molar-refractivity contribution in [3.8, 4) is 0 Å². The van der Waals surface area contributed by atoms with Gasteiger partial charge in [0.2, 0.25) is 11.8 Å². The second kappa shape index (κ2) is 6.52. The van der Waals surface area contributed by atoms with Crippen molar-refractivity contribution in [3.63, 3.8) is 0 Å². The van der Waals surface area contributed by atoms with Crippen molar-refractivity contribution in [1.29, 1.82) is 0 Å². The highest BCUT2D eigenvalue weighted by atomic mass is 35.5. The largest absolute Gasteiger partial charge is 0.292 e. The number of hydrazone groups is 1. The molecule has 2 aromatic rings. The van der Waals surface area contributed by atoms with Crippen LogP contribution >= 0.6 is 11.6 Å². The van der Waals surface area contributed by atoms with E-state index < -0.39 is 23.9 Å². The fourth-order valence-corrected chi connectivity index (χ4v) is 4.95. The Balaban J connectivity index is 1.65. The van der Waals surface area contributed by atoms with Gasteiger partial charge in [0.15, 0.2) is 5.78 Å². The summed E-state index contributed by atoms with van der Waals surface area (Å²) in [6.45, 7) is 2.07. The highest BCUT2D eigenvalue weighted by Gasteiger charge is 2.64. The molecule has 6 nitrogen and oxygen atoms in total. The molecule has 2 aromatic carbocycles. The zero-order valence-electron chi connectivity index (χ0n) is 15.7. The van der Waals surface area contributed by atoms with Gasteiger partial charge in [0.05, 0.1) is 24.1 Å². The number of imide groups is 1. The van der Waals surface area contributed by atoms with E-state index in [0.717, 1.165) is 11.1 Å². The summed E-state index contributed by atoms with van der Waals surface area (Å²) in [5.41, 5.74) is 2.27. The maximum atomic E-state index is 13.5. The number of hydrogen-bond donors (Lipinski definition) is 0. The summed E-state index contributed by atoms with van der Waals surface area (Å²) in [6, 6.07) is 13.0. The number of ketones is 1. The van der Waals surface area contributed by atoms with Crippen molar-refractivity contribution in [1.82, 2.24) is 9.91 Å². The van der Waals surface area contributed by atoms with Crippen LogP contribution in [-0.4, -0.2) is 46.3 Å². The lowest BCUT2D eigenvalue weighted by Crippen LogP contribution is -2.44. The number of fused-ring (bicyclic) bond motifs is 5. The van der Waals surface area contributed by atoms with Crippen LogP contribution in [0.25, 0.3) is 0 Å². The summed E-state index contributed by atoms with van der Waals surface area (Å²) in [5, 5.41) is 6.71. The molecule has 3 heterocycles. The zero-order valence-corrected chi connectivity index (χ0v) is 16.4. The molecule has 4 unspecified atom stereocenters. The van der Waals surface area contributed by atoms with Gasteiger partial charge >= 0.3 is 0 Å². The molecule has 29 heavy (non-hydrogen) atoms. The van der Waals surface area contributed by atoms with E-state index in [2.05, 4.69) is 5.10 Å². The summed E-state index contributed by atoms with van der Waals surface area (Å²) >= 11 is 5.96. The van der Waals surface area contributed by atoms with Crippen molar-refractivity contribution in [2.75, 3.05) is 6.54 Å². The normalized spacial score (nSPS) is 27.1. The summed E-state index contributed by atoms with van der Waals surface area (Å²) in [7, 11) is 0. The second-order valence-corrected chi connectivity index (χ2v) is 7.92. The van der Waals surface area contributed by atoms with Crippen LogP contribution in [0.3, 0.4) is 0 Å². The molecule has 2 amide bonds. The molecule has 3 aliphatic rings. The average molecular weight is 408 g/mol. The Kier molecular flexibility index (Phi) is 4.06. The lowest BCUT2D eigenvalue weighted by molar-refractivity contribution is -0.141. The van der Waals surface area contributed by atoms with Gasteiger partial charge in [0, 0.05) is 17.1 Å². The quantitative estimate of drug-likeness (QED) is 0.579. The third-order valence-electron chi connectivity index (χ3n) is 6.10. The van der Waals surface area contributed by atoms with Gasteiger partial charge in [-0.3, -0.25) is 24.3 Å². The minimum atomic E-state index is -0.830. The summed E-state index contributed by atoms with van der Waals surface area (Å²) < 4.78 is 0. The second-order valence-electron chi connectivity index (χ2n) is 7.49. The summed E-state index contributed by atoms with van der Waals surface area (Å²) in [4.78, 5) is 41.0. The van der Waals surface area contributed by atoms with Gasteiger partial charge in [0.25, 0.3) is 0 Å². The Morgan fingerprint density at radius 1 is 1.03 bits per heavy atom. The van der Waals surface area contributed by atoms with Crippen LogP contribution in [-0.2, 0) is 9.59 Å². The SMILES string of the molecule is CCN1C(=O)C2C(C1=O)C1c3ccccc3C=NN1C2C(=O)c1ccc(Cl)cc1. The van der Waals surface area contributed by atoms with E-state index in [4.69, 9.17) is 11.6 Å².